The van der Waals surface area contributed by atoms with E-state index in [4.69, 9.17) is 0 Å². The number of rotatable bonds is 2. The molecule has 0 spiro atoms. The van der Waals surface area contributed by atoms with Crippen molar-refractivity contribution >= 4 is 26.2 Å². The van der Waals surface area contributed by atoms with Crippen LogP contribution in [0.4, 0.5) is 0 Å². The van der Waals surface area contributed by atoms with Crippen LogP contribution >= 0.6 is 16.1 Å². The van der Waals surface area contributed by atoms with Crippen molar-refractivity contribution in [3.63, 3.8) is 0 Å². The molecule has 0 aliphatic carbocycles. The standard InChI is InChI=1S/C7H8BrNO2S.Na.H/c1-6-2-4-7(5-3-6)12(10,11)9-8;;/h2-5,9H,1H3;;/q;+1;-1. The molecular weight excluding hydrogens is 265 g/mol. The van der Waals surface area contributed by atoms with E-state index in [0.717, 1.165) is 5.56 Å². The Balaban J connectivity index is 0. The van der Waals surface area contributed by atoms with Gasteiger partial charge in [0.15, 0.2) is 0 Å². The van der Waals surface area contributed by atoms with Crippen molar-refractivity contribution in [3.05, 3.63) is 29.8 Å². The summed E-state index contributed by atoms with van der Waals surface area (Å²) in [5.74, 6) is 0. The fourth-order valence-corrected chi connectivity index (χ4v) is 1.91. The molecule has 0 fully saturated rings. The molecule has 0 heterocycles. The Morgan fingerprint density at radius 1 is 1.31 bits per heavy atom. The van der Waals surface area contributed by atoms with Crippen molar-refractivity contribution in [1.29, 1.82) is 0 Å². The van der Waals surface area contributed by atoms with E-state index in [2.05, 4.69) is 19.9 Å². The van der Waals surface area contributed by atoms with E-state index >= 15 is 0 Å². The van der Waals surface area contributed by atoms with Gasteiger partial charge in [-0.3, -0.25) is 0 Å². The number of hydrogen-bond donors (Lipinski definition) is 1. The summed E-state index contributed by atoms with van der Waals surface area (Å²) in [4.78, 5) is 0.255. The zero-order valence-corrected chi connectivity index (χ0v) is 11.8. The Hall–Kier alpha value is 0.610. The number of hydrogen-bond acceptors (Lipinski definition) is 2. The van der Waals surface area contributed by atoms with Gasteiger partial charge in [-0.05, 0) is 19.1 Å². The minimum Gasteiger partial charge on any atom is -1.00 e. The maximum absolute atomic E-state index is 11.2. The van der Waals surface area contributed by atoms with Crippen molar-refractivity contribution in [2.24, 2.45) is 0 Å². The van der Waals surface area contributed by atoms with E-state index in [0.29, 0.717) is 0 Å². The van der Waals surface area contributed by atoms with Gasteiger partial charge in [0, 0.05) is 16.1 Å². The molecule has 0 bridgehead atoms. The first kappa shape index (κ1) is 13.6. The molecule has 0 saturated carbocycles. The van der Waals surface area contributed by atoms with Crippen LogP contribution in [0.3, 0.4) is 0 Å². The molecule has 0 amide bonds. The van der Waals surface area contributed by atoms with Gasteiger partial charge in [0.25, 0.3) is 0 Å². The molecule has 0 radical (unpaired) electrons. The summed E-state index contributed by atoms with van der Waals surface area (Å²) < 4.78 is 24.4. The van der Waals surface area contributed by atoms with Crippen LogP contribution in [-0.4, -0.2) is 8.42 Å². The maximum atomic E-state index is 11.2. The van der Waals surface area contributed by atoms with Gasteiger partial charge < -0.3 is 1.43 Å². The average Bonchev–Trinajstić information content (AvgIpc) is 2.05. The molecule has 13 heavy (non-hydrogen) atoms. The molecule has 0 atom stereocenters. The topological polar surface area (TPSA) is 46.2 Å². The second-order valence-corrected chi connectivity index (χ2v) is 5.00. The third-order valence-corrected chi connectivity index (χ3v) is 3.81. The minimum atomic E-state index is -3.35. The normalized spacial score (nSPS) is 10.6. The average molecular weight is 274 g/mol. The van der Waals surface area contributed by atoms with Gasteiger partial charge in [0.2, 0.25) is 10.0 Å². The number of benzene rings is 1. The minimum absolute atomic E-state index is 0. The Morgan fingerprint density at radius 2 is 1.77 bits per heavy atom. The van der Waals surface area contributed by atoms with Crippen LogP contribution in [-0.2, 0) is 10.0 Å². The Kier molecular flexibility index (Phi) is 5.74. The fourth-order valence-electron chi connectivity index (χ4n) is 0.762. The largest absolute Gasteiger partial charge is 1.00 e. The SMILES string of the molecule is Cc1ccc(S(=O)(=O)NBr)cc1.[H-].[Na+]. The van der Waals surface area contributed by atoms with Crippen molar-refractivity contribution in [2.75, 3.05) is 0 Å². The van der Waals surface area contributed by atoms with Crippen molar-refractivity contribution < 1.29 is 39.4 Å². The van der Waals surface area contributed by atoms with Gasteiger partial charge in [-0.1, -0.05) is 17.7 Å². The van der Waals surface area contributed by atoms with Crippen LogP contribution in [0.15, 0.2) is 29.2 Å². The van der Waals surface area contributed by atoms with Crippen LogP contribution < -0.4 is 33.3 Å². The Labute approximate surface area is 110 Å². The van der Waals surface area contributed by atoms with Crippen molar-refractivity contribution in [1.82, 2.24) is 3.75 Å². The molecule has 0 aliphatic rings. The maximum Gasteiger partial charge on any atom is 1.00 e. The molecule has 1 aromatic carbocycles. The van der Waals surface area contributed by atoms with Gasteiger partial charge in [0.1, 0.15) is 0 Å². The second kappa shape index (κ2) is 5.48. The second-order valence-electron chi connectivity index (χ2n) is 2.39. The molecule has 6 heteroatoms. The zero-order chi connectivity index (χ0) is 9.19. The van der Waals surface area contributed by atoms with E-state index in [1.54, 1.807) is 24.3 Å². The summed E-state index contributed by atoms with van der Waals surface area (Å²) in [5, 5.41) is 0. The summed E-state index contributed by atoms with van der Waals surface area (Å²) in [7, 11) is -3.35. The first-order valence-electron chi connectivity index (χ1n) is 3.25. The van der Waals surface area contributed by atoms with E-state index in [9.17, 15) is 8.42 Å². The molecule has 1 aromatic rings. The number of aryl methyl sites for hydroxylation is 1. The zero-order valence-electron chi connectivity index (χ0n) is 8.41. The third-order valence-electron chi connectivity index (χ3n) is 1.43. The summed E-state index contributed by atoms with van der Waals surface area (Å²) >= 11 is 2.69. The number of nitrogens with one attached hydrogen (secondary N) is 1. The van der Waals surface area contributed by atoms with Crippen LogP contribution in [0, 0.1) is 6.92 Å². The predicted molar refractivity (Wildman–Crippen MR) is 51.5 cm³/mol. The van der Waals surface area contributed by atoms with E-state index in [1.807, 2.05) is 6.92 Å². The third kappa shape index (κ3) is 3.69. The van der Waals surface area contributed by atoms with E-state index < -0.39 is 10.0 Å². The molecular formula is C7H9BrNNaO2S. The van der Waals surface area contributed by atoms with Gasteiger partial charge in [-0.15, -0.1) is 3.75 Å². The monoisotopic (exact) mass is 273 g/mol. The van der Waals surface area contributed by atoms with Gasteiger partial charge >= 0.3 is 29.6 Å². The summed E-state index contributed by atoms with van der Waals surface area (Å²) in [6.45, 7) is 1.90. The first-order valence-corrected chi connectivity index (χ1v) is 5.53. The quantitative estimate of drug-likeness (QED) is 0.538. The fraction of sp³-hybridized carbons (Fsp3) is 0.143. The Bertz CT molecular complexity index is 368. The van der Waals surface area contributed by atoms with Crippen LogP contribution in [0.25, 0.3) is 0 Å². The van der Waals surface area contributed by atoms with Gasteiger partial charge in [0.05, 0.1) is 4.90 Å². The molecule has 0 saturated heterocycles. The Morgan fingerprint density at radius 3 is 2.15 bits per heavy atom. The predicted octanol–water partition coefficient (Wildman–Crippen LogP) is -1.30. The number of halogens is 1. The molecule has 1 rings (SSSR count). The number of sulfonamides is 1. The molecule has 1 N–H and O–H groups in total. The summed E-state index contributed by atoms with van der Waals surface area (Å²) in [5.41, 5.74) is 1.03. The van der Waals surface area contributed by atoms with E-state index in [-0.39, 0.29) is 35.9 Å². The van der Waals surface area contributed by atoms with Crippen molar-refractivity contribution in [2.45, 2.75) is 11.8 Å². The molecule has 68 valence electrons. The molecule has 3 nitrogen and oxygen atoms in total. The summed E-state index contributed by atoms with van der Waals surface area (Å²) in [6, 6.07) is 6.60. The smallest absolute Gasteiger partial charge is 1.00 e. The van der Waals surface area contributed by atoms with Crippen LogP contribution in [0.5, 0.6) is 0 Å². The molecule has 0 aromatic heterocycles. The van der Waals surface area contributed by atoms with Gasteiger partial charge in [-0.25, -0.2) is 8.42 Å². The van der Waals surface area contributed by atoms with E-state index in [1.165, 1.54) is 0 Å². The van der Waals surface area contributed by atoms with Crippen LogP contribution in [0.1, 0.15) is 6.99 Å². The molecule has 0 aliphatic heterocycles. The first-order chi connectivity index (χ1) is 5.56. The summed E-state index contributed by atoms with van der Waals surface area (Å²) in [6.07, 6.45) is 0. The van der Waals surface area contributed by atoms with Crippen LogP contribution in [0.2, 0.25) is 0 Å². The molecule has 0 unspecified atom stereocenters. The van der Waals surface area contributed by atoms with Gasteiger partial charge in [-0.2, -0.15) is 0 Å². The van der Waals surface area contributed by atoms with Crippen molar-refractivity contribution in [3.8, 4) is 0 Å².